The quantitative estimate of drug-likeness (QED) is 0.870. The maximum Gasteiger partial charge on any atom is 0.247 e. The molecular weight excluding hydrogens is 320 g/mol. The van der Waals surface area contributed by atoms with Crippen molar-refractivity contribution in [2.24, 2.45) is 11.1 Å². The normalized spacial score (nSPS) is 17.8. The molecule has 1 unspecified atom stereocenters. The van der Waals surface area contributed by atoms with Crippen LogP contribution in [0.1, 0.15) is 11.1 Å². The molecule has 3 rings (SSSR count). The van der Waals surface area contributed by atoms with Gasteiger partial charge in [-0.25, -0.2) is 13.6 Å². The van der Waals surface area contributed by atoms with Gasteiger partial charge in [-0.1, -0.05) is 18.2 Å². The third-order valence-corrected chi connectivity index (χ3v) is 6.18. The number of nitrogens with two attached hydrogens (primary N) is 1. The van der Waals surface area contributed by atoms with Gasteiger partial charge in [0.2, 0.25) is 10.0 Å². The number of rotatable bonds is 5. The van der Waals surface area contributed by atoms with Gasteiger partial charge in [-0.2, -0.15) is 0 Å². The number of sulfonamides is 1. The van der Waals surface area contributed by atoms with Crippen molar-refractivity contribution in [2.45, 2.75) is 17.2 Å². The molecule has 1 atom stereocenters. The van der Waals surface area contributed by atoms with Gasteiger partial charge in [-0.05, 0) is 35.1 Å². The highest BCUT2D eigenvalue weighted by molar-refractivity contribution is 7.91. The molecule has 1 aromatic heterocycles. The monoisotopic (exact) mass is 338 g/mol. The summed E-state index contributed by atoms with van der Waals surface area (Å²) in [7, 11) is -3.63. The molecular formula is C15H18N2O3S2. The standard InChI is InChI=1S/C15H18N2O3S2/c16-22(18,19)15-13(5-6-21-15)9-17-8-11-7-12-3-1-2-4-14(12)20-10-11/h1-6,11,17H,7-10H2,(H2,16,18,19). The molecule has 0 aliphatic carbocycles. The van der Waals surface area contributed by atoms with Crippen LogP contribution in [0.5, 0.6) is 5.75 Å². The highest BCUT2D eigenvalue weighted by Gasteiger charge is 2.20. The van der Waals surface area contributed by atoms with Crippen molar-refractivity contribution in [3.8, 4) is 5.75 Å². The first kappa shape index (κ1) is 15.5. The van der Waals surface area contributed by atoms with E-state index in [1.165, 1.54) is 5.56 Å². The van der Waals surface area contributed by atoms with Crippen LogP contribution in [0.25, 0.3) is 0 Å². The summed E-state index contributed by atoms with van der Waals surface area (Å²) in [4.78, 5) is 0. The molecule has 5 nitrogen and oxygen atoms in total. The third kappa shape index (κ3) is 3.49. The molecule has 3 N–H and O–H groups in total. The van der Waals surface area contributed by atoms with Crippen molar-refractivity contribution in [1.29, 1.82) is 0 Å². The Morgan fingerprint density at radius 1 is 1.32 bits per heavy atom. The van der Waals surface area contributed by atoms with Crippen LogP contribution >= 0.6 is 11.3 Å². The molecule has 2 heterocycles. The zero-order valence-corrected chi connectivity index (χ0v) is 13.6. The van der Waals surface area contributed by atoms with Crippen molar-refractivity contribution in [2.75, 3.05) is 13.2 Å². The number of benzene rings is 1. The lowest BCUT2D eigenvalue weighted by atomic mass is 9.97. The van der Waals surface area contributed by atoms with E-state index in [1.54, 1.807) is 11.4 Å². The van der Waals surface area contributed by atoms with Gasteiger partial charge < -0.3 is 10.1 Å². The minimum atomic E-state index is -3.63. The average Bonchev–Trinajstić information content (AvgIpc) is 2.96. The summed E-state index contributed by atoms with van der Waals surface area (Å²) in [5, 5.41) is 10.3. The number of fused-ring (bicyclic) bond motifs is 1. The Bertz CT molecular complexity index is 756. The Kier molecular flexibility index (Phi) is 4.49. The van der Waals surface area contributed by atoms with E-state index >= 15 is 0 Å². The number of para-hydroxylation sites is 1. The number of ether oxygens (including phenoxy) is 1. The summed E-state index contributed by atoms with van der Waals surface area (Å²) >= 11 is 1.16. The predicted octanol–water partition coefficient (Wildman–Crippen LogP) is 1.74. The SMILES string of the molecule is NS(=O)(=O)c1sccc1CNCC1COc2ccccc2C1. The minimum absolute atomic E-state index is 0.241. The fourth-order valence-corrected chi connectivity index (χ4v) is 4.49. The Morgan fingerprint density at radius 3 is 2.95 bits per heavy atom. The van der Waals surface area contributed by atoms with Crippen molar-refractivity contribution < 1.29 is 13.2 Å². The van der Waals surface area contributed by atoms with Gasteiger partial charge in [-0.15, -0.1) is 11.3 Å². The molecule has 0 saturated heterocycles. The molecule has 0 saturated carbocycles. The maximum atomic E-state index is 11.5. The molecule has 7 heteroatoms. The Morgan fingerprint density at radius 2 is 2.14 bits per heavy atom. The van der Waals surface area contributed by atoms with Crippen LogP contribution in [0.15, 0.2) is 39.9 Å². The molecule has 1 aliphatic heterocycles. The zero-order chi connectivity index (χ0) is 15.6. The Balaban J connectivity index is 1.56. The van der Waals surface area contributed by atoms with Gasteiger partial charge in [0.05, 0.1) is 6.61 Å². The van der Waals surface area contributed by atoms with E-state index in [9.17, 15) is 8.42 Å². The first-order chi connectivity index (χ1) is 10.5. The minimum Gasteiger partial charge on any atom is -0.493 e. The van der Waals surface area contributed by atoms with E-state index in [4.69, 9.17) is 9.88 Å². The van der Waals surface area contributed by atoms with Crippen LogP contribution in [0.4, 0.5) is 0 Å². The number of hydrogen-bond acceptors (Lipinski definition) is 5. The molecule has 22 heavy (non-hydrogen) atoms. The van der Waals surface area contributed by atoms with Crippen molar-refractivity contribution in [3.05, 3.63) is 46.8 Å². The average molecular weight is 338 g/mol. The molecule has 118 valence electrons. The summed E-state index contributed by atoms with van der Waals surface area (Å²) in [5.41, 5.74) is 1.95. The van der Waals surface area contributed by atoms with Gasteiger partial charge in [-0.3, -0.25) is 0 Å². The molecule has 2 aromatic rings. The van der Waals surface area contributed by atoms with Crippen molar-refractivity contribution in [3.63, 3.8) is 0 Å². The van der Waals surface area contributed by atoms with Gasteiger partial charge in [0.25, 0.3) is 0 Å². The summed E-state index contributed by atoms with van der Waals surface area (Å²) in [6, 6.07) is 9.86. The zero-order valence-electron chi connectivity index (χ0n) is 12.0. The number of primary sulfonamides is 1. The van der Waals surface area contributed by atoms with Crippen LogP contribution in [-0.2, 0) is 23.0 Å². The van der Waals surface area contributed by atoms with Crippen molar-refractivity contribution >= 4 is 21.4 Å². The van der Waals surface area contributed by atoms with Crippen LogP contribution in [-0.4, -0.2) is 21.6 Å². The van der Waals surface area contributed by atoms with Crippen molar-refractivity contribution in [1.82, 2.24) is 5.32 Å². The second kappa shape index (κ2) is 6.37. The third-order valence-electron chi connectivity index (χ3n) is 3.67. The van der Waals surface area contributed by atoms with E-state index in [-0.39, 0.29) is 4.21 Å². The molecule has 0 radical (unpaired) electrons. The van der Waals surface area contributed by atoms with Crippen LogP contribution in [0.3, 0.4) is 0 Å². The molecule has 0 spiro atoms. The van der Waals surface area contributed by atoms with E-state index in [1.807, 2.05) is 18.2 Å². The summed E-state index contributed by atoms with van der Waals surface area (Å²) in [6.45, 7) is 1.94. The van der Waals surface area contributed by atoms with Crippen LogP contribution < -0.4 is 15.2 Å². The molecule has 0 fully saturated rings. The number of nitrogens with one attached hydrogen (secondary N) is 1. The number of thiophene rings is 1. The number of hydrogen-bond donors (Lipinski definition) is 2. The smallest absolute Gasteiger partial charge is 0.247 e. The topological polar surface area (TPSA) is 81.4 Å². The maximum absolute atomic E-state index is 11.5. The summed E-state index contributed by atoms with van der Waals surface area (Å²) in [5.74, 6) is 1.35. The second-order valence-electron chi connectivity index (χ2n) is 5.40. The predicted molar refractivity (Wildman–Crippen MR) is 86.5 cm³/mol. The van der Waals surface area contributed by atoms with E-state index in [0.29, 0.717) is 19.1 Å². The molecule has 1 aliphatic rings. The van der Waals surface area contributed by atoms with E-state index in [0.717, 1.165) is 35.6 Å². The largest absolute Gasteiger partial charge is 0.493 e. The lowest BCUT2D eigenvalue weighted by Crippen LogP contribution is -2.31. The highest BCUT2D eigenvalue weighted by atomic mass is 32.2. The van der Waals surface area contributed by atoms with Gasteiger partial charge in [0.1, 0.15) is 9.96 Å². The summed E-state index contributed by atoms with van der Waals surface area (Å²) in [6.07, 6.45) is 0.967. The van der Waals surface area contributed by atoms with E-state index < -0.39 is 10.0 Å². The fraction of sp³-hybridized carbons (Fsp3) is 0.333. The lowest BCUT2D eigenvalue weighted by molar-refractivity contribution is 0.218. The van der Waals surface area contributed by atoms with Crippen LogP contribution in [0.2, 0.25) is 0 Å². The second-order valence-corrected chi connectivity index (χ2v) is 8.07. The van der Waals surface area contributed by atoms with Gasteiger partial charge in [0, 0.05) is 19.0 Å². The van der Waals surface area contributed by atoms with E-state index in [2.05, 4.69) is 11.4 Å². The lowest BCUT2D eigenvalue weighted by Gasteiger charge is -2.25. The summed E-state index contributed by atoms with van der Waals surface area (Å²) < 4.78 is 28.9. The van der Waals surface area contributed by atoms with Gasteiger partial charge in [0.15, 0.2) is 0 Å². The highest BCUT2D eigenvalue weighted by Crippen LogP contribution is 2.26. The first-order valence-corrected chi connectivity index (χ1v) is 9.47. The molecule has 0 amide bonds. The Hall–Kier alpha value is -1.41. The first-order valence-electron chi connectivity index (χ1n) is 7.04. The Labute approximate surface area is 134 Å². The fourth-order valence-electron chi connectivity index (χ4n) is 2.64. The van der Waals surface area contributed by atoms with Gasteiger partial charge >= 0.3 is 0 Å². The molecule has 1 aromatic carbocycles. The van der Waals surface area contributed by atoms with Crippen LogP contribution in [0, 0.1) is 5.92 Å². The molecule has 0 bridgehead atoms.